The summed E-state index contributed by atoms with van der Waals surface area (Å²) in [5, 5.41) is 19.2. The first kappa shape index (κ1) is 18.0. The number of carbonyl (C=O) groups is 1. The van der Waals surface area contributed by atoms with Crippen LogP contribution in [0.3, 0.4) is 0 Å². The zero-order valence-corrected chi connectivity index (χ0v) is 16.4. The summed E-state index contributed by atoms with van der Waals surface area (Å²) in [6.45, 7) is 0. The lowest BCUT2D eigenvalue weighted by atomic mass is 9.85. The quantitative estimate of drug-likeness (QED) is 0.570. The third-order valence-corrected chi connectivity index (χ3v) is 6.41. The fourth-order valence-corrected chi connectivity index (χ4v) is 4.95. The van der Waals surface area contributed by atoms with Crippen molar-refractivity contribution in [1.29, 1.82) is 5.41 Å². The molecular formula is C23H25N5O. The molecule has 148 valence electrons. The maximum Gasteiger partial charge on any atom is 0.227 e. The molecule has 3 aromatic rings. The summed E-state index contributed by atoms with van der Waals surface area (Å²) in [4.78, 5) is 17.7. The van der Waals surface area contributed by atoms with Crippen molar-refractivity contribution in [3.05, 3.63) is 41.2 Å². The van der Waals surface area contributed by atoms with Gasteiger partial charge in [-0.05, 0) is 61.8 Å². The molecule has 0 saturated heterocycles. The molecule has 1 fully saturated rings. The highest BCUT2D eigenvalue weighted by molar-refractivity contribution is 6.09. The zero-order chi connectivity index (χ0) is 19.8. The minimum Gasteiger partial charge on any atom is -0.325 e. The number of pyridine rings is 1. The molecule has 0 atom stereocenters. The predicted molar refractivity (Wildman–Crippen MR) is 114 cm³/mol. The van der Waals surface area contributed by atoms with Crippen LogP contribution < -0.4 is 5.32 Å². The molecule has 5 rings (SSSR count). The first-order chi connectivity index (χ1) is 14.3. The van der Waals surface area contributed by atoms with Crippen molar-refractivity contribution < 1.29 is 4.79 Å². The highest BCUT2D eigenvalue weighted by atomic mass is 16.1. The molecule has 0 bridgehead atoms. The summed E-state index contributed by atoms with van der Waals surface area (Å²) in [6, 6.07) is 3.88. The van der Waals surface area contributed by atoms with Crippen molar-refractivity contribution >= 4 is 28.7 Å². The number of hydrogen-bond acceptors (Lipinski definition) is 4. The van der Waals surface area contributed by atoms with Crippen LogP contribution in [0.4, 0.5) is 5.69 Å². The van der Waals surface area contributed by atoms with Gasteiger partial charge in [-0.15, -0.1) is 0 Å². The number of benzene rings is 1. The van der Waals surface area contributed by atoms with E-state index in [1.165, 1.54) is 17.3 Å². The number of aryl methyl sites for hydroxylation is 1. The molecule has 6 nitrogen and oxygen atoms in total. The van der Waals surface area contributed by atoms with Crippen LogP contribution in [-0.2, 0) is 17.6 Å². The maximum atomic E-state index is 12.7. The predicted octanol–water partition coefficient (Wildman–Crippen LogP) is 4.63. The van der Waals surface area contributed by atoms with Crippen LogP contribution in [0.2, 0.25) is 0 Å². The highest BCUT2D eigenvalue weighted by Crippen LogP contribution is 2.38. The largest absolute Gasteiger partial charge is 0.325 e. The van der Waals surface area contributed by atoms with E-state index in [4.69, 9.17) is 10.4 Å². The number of aromatic nitrogens is 3. The van der Waals surface area contributed by atoms with Crippen LogP contribution in [0.25, 0.3) is 22.2 Å². The van der Waals surface area contributed by atoms with E-state index in [1.807, 2.05) is 24.5 Å². The number of carbonyl (C=O) groups excluding carboxylic acids is 1. The summed E-state index contributed by atoms with van der Waals surface area (Å²) in [6.07, 6.45) is 13.5. The molecular weight excluding hydrogens is 362 g/mol. The Morgan fingerprint density at radius 3 is 2.66 bits per heavy atom. The Bertz CT molecular complexity index is 1080. The average molecular weight is 387 g/mol. The molecule has 2 aliphatic carbocycles. The van der Waals surface area contributed by atoms with Crippen molar-refractivity contribution in [2.75, 3.05) is 5.32 Å². The van der Waals surface area contributed by atoms with Gasteiger partial charge in [-0.2, -0.15) is 5.10 Å². The number of H-pyrrole nitrogens is 1. The van der Waals surface area contributed by atoms with E-state index in [2.05, 4.69) is 15.5 Å². The Morgan fingerprint density at radius 2 is 1.93 bits per heavy atom. The molecule has 6 heteroatoms. The minimum absolute atomic E-state index is 0.0850. The fourth-order valence-electron chi connectivity index (χ4n) is 4.95. The zero-order valence-electron chi connectivity index (χ0n) is 16.4. The van der Waals surface area contributed by atoms with E-state index in [0.29, 0.717) is 0 Å². The molecule has 1 saturated carbocycles. The number of anilines is 1. The molecule has 0 unspecified atom stereocenters. The third kappa shape index (κ3) is 3.12. The van der Waals surface area contributed by atoms with Gasteiger partial charge in [0.2, 0.25) is 5.91 Å². The lowest BCUT2D eigenvalue weighted by molar-refractivity contribution is -0.119. The number of aromatic amines is 1. The van der Waals surface area contributed by atoms with Gasteiger partial charge in [0.05, 0.1) is 23.1 Å². The SMILES string of the molecule is N=Cc1c(NC(=O)C2CCCC2)ccc2nc(-c3cn[nH]c3)c3c(c12)CCCC3. The van der Waals surface area contributed by atoms with Crippen molar-refractivity contribution in [1.82, 2.24) is 15.2 Å². The Kier molecular flexibility index (Phi) is 4.62. The van der Waals surface area contributed by atoms with Gasteiger partial charge in [0.1, 0.15) is 0 Å². The lowest BCUT2D eigenvalue weighted by Gasteiger charge is -2.23. The maximum absolute atomic E-state index is 12.7. The first-order valence-electron chi connectivity index (χ1n) is 10.5. The second-order valence-corrected chi connectivity index (χ2v) is 8.15. The topological polar surface area (TPSA) is 94.5 Å². The minimum atomic E-state index is 0.0850. The normalized spacial score (nSPS) is 16.7. The van der Waals surface area contributed by atoms with Crippen molar-refractivity contribution in [3.63, 3.8) is 0 Å². The Morgan fingerprint density at radius 1 is 1.14 bits per heavy atom. The number of amides is 1. The monoisotopic (exact) mass is 387 g/mol. The summed E-state index contributed by atoms with van der Waals surface area (Å²) in [5.41, 5.74) is 6.90. The molecule has 0 radical (unpaired) electrons. The fraction of sp³-hybridized carbons (Fsp3) is 0.391. The number of fused-ring (bicyclic) bond motifs is 3. The van der Waals surface area contributed by atoms with Gasteiger partial charge in [0.15, 0.2) is 0 Å². The van der Waals surface area contributed by atoms with Gasteiger partial charge in [0, 0.05) is 34.8 Å². The number of nitrogens with zero attached hydrogens (tertiary/aromatic N) is 2. The van der Waals surface area contributed by atoms with E-state index >= 15 is 0 Å². The van der Waals surface area contributed by atoms with Crippen LogP contribution in [0.5, 0.6) is 0 Å². The first-order valence-corrected chi connectivity index (χ1v) is 10.5. The summed E-state index contributed by atoms with van der Waals surface area (Å²) in [5.74, 6) is 0.182. The smallest absolute Gasteiger partial charge is 0.227 e. The van der Waals surface area contributed by atoms with Gasteiger partial charge in [-0.1, -0.05) is 12.8 Å². The van der Waals surface area contributed by atoms with Crippen LogP contribution in [0.15, 0.2) is 24.5 Å². The van der Waals surface area contributed by atoms with Gasteiger partial charge in [0.25, 0.3) is 0 Å². The molecule has 1 aromatic carbocycles. The van der Waals surface area contributed by atoms with E-state index in [-0.39, 0.29) is 11.8 Å². The van der Waals surface area contributed by atoms with Crippen LogP contribution >= 0.6 is 0 Å². The summed E-state index contributed by atoms with van der Waals surface area (Å²) in [7, 11) is 0. The Balaban J connectivity index is 1.66. The molecule has 1 amide bonds. The van der Waals surface area contributed by atoms with Crippen molar-refractivity contribution in [2.45, 2.75) is 51.4 Å². The molecule has 2 heterocycles. The van der Waals surface area contributed by atoms with E-state index in [0.717, 1.165) is 84.8 Å². The van der Waals surface area contributed by atoms with E-state index in [9.17, 15) is 4.79 Å². The second-order valence-electron chi connectivity index (χ2n) is 8.15. The molecule has 29 heavy (non-hydrogen) atoms. The second kappa shape index (κ2) is 7.43. The summed E-state index contributed by atoms with van der Waals surface area (Å²) < 4.78 is 0. The number of nitrogens with one attached hydrogen (secondary N) is 3. The van der Waals surface area contributed by atoms with Gasteiger partial charge in [-0.3, -0.25) is 9.89 Å². The molecule has 3 N–H and O–H groups in total. The standard InChI is InChI=1S/C23H25N5O/c24-11-18-19(28-23(29)14-5-1-2-6-14)9-10-20-21(18)16-7-3-4-8-17(16)22(27-20)15-12-25-26-13-15/h9-14,24H,1-8H2,(H,25,26)(H,28,29). The highest BCUT2D eigenvalue weighted by Gasteiger charge is 2.25. The number of rotatable bonds is 4. The van der Waals surface area contributed by atoms with Gasteiger partial charge in [-0.25, -0.2) is 4.98 Å². The van der Waals surface area contributed by atoms with E-state index in [1.54, 1.807) is 0 Å². The Labute approximate surface area is 169 Å². The van der Waals surface area contributed by atoms with Crippen molar-refractivity contribution in [2.24, 2.45) is 5.92 Å². The lowest BCUT2D eigenvalue weighted by Crippen LogP contribution is -2.21. The average Bonchev–Trinajstić information content (AvgIpc) is 3.47. The summed E-state index contributed by atoms with van der Waals surface area (Å²) >= 11 is 0. The molecule has 0 spiro atoms. The number of hydrogen-bond donors (Lipinski definition) is 3. The van der Waals surface area contributed by atoms with Crippen molar-refractivity contribution in [3.8, 4) is 11.3 Å². The van der Waals surface area contributed by atoms with Crippen LogP contribution in [-0.4, -0.2) is 27.3 Å². The Hall–Kier alpha value is -3.02. The third-order valence-electron chi connectivity index (χ3n) is 6.41. The van der Waals surface area contributed by atoms with Gasteiger partial charge < -0.3 is 10.7 Å². The molecule has 2 aromatic heterocycles. The molecule has 2 aliphatic rings. The molecule has 0 aliphatic heterocycles. The van der Waals surface area contributed by atoms with Crippen LogP contribution in [0.1, 0.15) is 55.2 Å². The van der Waals surface area contributed by atoms with E-state index < -0.39 is 0 Å². The van der Waals surface area contributed by atoms with Gasteiger partial charge >= 0.3 is 0 Å². The van der Waals surface area contributed by atoms with Crippen LogP contribution in [0, 0.1) is 11.3 Å².